The molecule has 3 heterocycles. The van der Waals surface area contributed by atoms with E-state index in [1.54, 1.807) is 12.1 Å². The van der Waals surface area contributed by atoms with Crippen molar-refractivity contribution >= 4 is 17.5 Å². The van der Waals surface area contributed by atoms with Crippen molar-refractivity contribution in [3.05, 3.63) is 70.8 Å². The molecule has 9 heteroatoms. The van der Waals surface area contributed by atoms with Gasteiger partial charge in [-0.25, -0.2) is 9.82 Å². The lowest BCUT2D eigenvalue weighted by Gasteiger charge is -2.33. The maximum Gasteiger partial charge on any atom is 0.231 e. The Balaban J connectivity index is 1.29. The van der Waals surface area contributed by atoms with Crippen LogP contribution in [0.4, 0.5) is 4.39 Å². The first-order valence-electron chi connectivity index (χ1n) is 10.7. The van der Waals surface area contributed by atoms with E-state index in [1.807, 2.05) is 29.2 Å². The molecule has 166 valence electrons. The lowest BCUT2D eigenvalue weighted by atomic mass is 9.91. The number of halogens is 2. The zero-order valence-corrected chi connectivity index (χ0v) is 18.1. The molecule has 32 heavy (non-hydrogen) atoms. The fourth-order valence-corrected chi connectivity index (χ4v) is 4.60. The Morgan fingerprint density at radius 1 is 1.22 bits per heavy atom. The summed E-state index contributed by atoms with van der Waals surface area (Å²) in [5.74, 6) is 0.322. The number of rotatable bonds is 4. The number of aromatic nitrogens is 2. The van der Waals surface area contributed by atoms with Crippen molar-refractivity contribution in [2.45, 2.75) is 24.8 Å². The molecule has 0 spiro atoms. The van der Waals surface area contributed by atoms with E-state index in [0.717, 1.165) is 18.4 Å². The fourth-order valence-electron chi connectivity index (χ4n) is 4.47. The number of piperidine rings is 1. The molecule has 5 rings (SSSR count). The normalized spacial score (nSPS) is 23.4. The summed E-state index contributed by atoms with van der Waals surface area (Å²) in [6, 6.07) is 13.5. The highest BCUT2D eigenvalue weighted by molar-refractivity contribution is 6.30. The highest BCUT2D eigenvalue weighted by Gasteiger charge is 2.38. The van der Waals surface area contributed by atoms with Gasteiger partial charge in [0.25, 0.3) is 0 Å². The number of likely N-dealkylation sites (tertiary alicyclic amines) is 1. The third kappa shape index (κ3) is 4.26. The Bertz CT molecular complexity index is 1110. The lowest BCUT2D eigenvalue weighted by molar-refractivity contribution is -0.136. The summed E-state index contributed by atoms with van der Waals surface area (Å²) < 4.78 is 19.0. The molecule has 0 bridgehead atoms. The number of amides is 1. The van der Waals surface area contributed by atoms with Gasteiger partial charge in [0.05, 0.1) is 17.9 Å². The highest BCUT2D eigenvalue weighted by Crippen LogP contribution is 2.32. The maximum atomic E-state index is 13.5. The largest absolute Gasteiger partial charge is 0.342 e. The third-order valence-electron chi connectivity index (χ3n) is 6.14. The monoisotopic (exact) mass is 455 g/mol. The smallest absolute Gasteiger partial charge is 0.231 e. The second-order valence-electron chi connectivity index (χ2n) is 8.25. The molecule has 1 aromatic heterocycles. The fraction of sp³-hybridized carbons (Fsp3) is 0.348. The third-order valence-corrected chi connectivity index (χ3v) is 6.39. The van der Waals surface area contributed by atoms with Gasteiger partial charge in [-0.1, -0.05) is 41.0 Å². The van der Waals surface area contributed by atoms with Crippen molar-refractivity contribution in [1.82, 2.24) is 25.9 Å². The zero-order chi connectivity index (χ0) is 22.1. The van der Waals surface area contributed by atoms with Gasteiger partial charge in [0, 0.05) is 30.2 Å². The summed E-state index contributed by atoms with van der Waals surface area (Å²) >= 11 is 6.01. The van der Waals surface area contributed by atoms with E-state index >= 15 is 0 Å². The van der Waals surface area contributed by atoms with Crippen molar-refractivity contribution in [3.63, 3.8) is 0 Å². The average Bonchev–Trinajstić information content (AvgIpc) is 3.50. The van der Waals surface area contributed by atoms with Gasteiger partial charge in [-0.2, -0.15) is 4.98 Å². The summed E-state index contributed by atoms with van der Waals surface area (Å²) in [7, 11) is 0. The Kier molecular flexibility index (Phi) is 5.91. The van der Waals surface area contributed by atoms with Crippen LogP contribution in [-0.4, -0.2) is 40.6 Å². The van der Waals surface area contributed by atoms with Crippen LogP contribution in [0.15, 0.2) is 53.1 Å². The van der Waals surface area contributed by atoms with Crippen LogP contribution in [0.2, 0.25) is 5.02 Å². The number of benzene rings is 2. The minimum atomic E-state index is -0.350. The summed E-state index contributed by atoms with van der Waals surface area (Å²) in [5, 5.41) is 4.69. The number of nitrogens with one attached hydrogen (secondary N) is 2. The van der Waals surface area contributed by atoms with Gasteiger partial charge >= 0.3 is 0 Å². The number of nitrogens with zero attached hydrogens (tertiary/aromatic N) is 3. The first-order chi connectivity index (χ1) is 15.6. The van der Waals surface area contributed by atoms with Crippen LogP contribution in [0.5, 0.6) is 0 Å². The molecule has 2 aliphatic rings. The molecule has 2 aromatic carbocycles. The first-order valence-corrected chi connectivity index (χ1v) is 11.1. The van der Waals surface area contributed by atoms with E-state index in [-0.39, 0.29) is 29.6 Å². The average molecular weight is 456 g/mol. The van der Waals surface area contributed by atoms with Crippen LogP contribution >= 0.6 is 11.6 Å². The van der Waals surface area contributed by atoms with Gasteiger partial charge in [-0.3, -0.25) is 10.2 Å². The van der Waals surface area contributed by atoms with Crippen molar-refractivity contribution in [1.29, 1.82) is 0 Å². The number of carbonyl (C=O) groups is 1. The highest BCUT2D eigenvalue weighted by atomic mass is 35.5. The first kappa shape index (κ1) is 21.1. The predicted molar refractivity (Wildman–Crippen MR) is 117 cm³/mol. The molecule has 1 amide bonds. The quantitative estimate of drug-likeness (QED) is 0.624. The molecule has 2 saturated heterocycles. The molecule has 7 nitrogen and oxygen atoms in total. The van der Waals surface area contributed by atoms with Crippen LogP contribution in [0.1, 0.15) is 36.3 Å². The molecule has 3 atom stereocenters. The summed E-state index contributed by atoms with van der Waals surface area (Å²) in [4.78, 5) is 19.8. The van der Waals surface area contributed by atoms with Crippen molar-refractivity contribution in [2.75, 3.05) is 19.6 Å². The van der Waals surface area contributed by atoms with E-state index in [0.29, 0.717) is 41.9 Å². The Morgan fingerprint density at radius 3 is 2.88 bits per heavy atom. The summed E-state index contributed by atoms with van der Waals surface area (Å²) in [5.41, 5.74) is 7.93. The second-order valence-corrected chi connectivity index (χ2v) is 8.69. The van der Waals surface area contributed by atoms with E-state index in [9.17, 15) is 9.18 Å². The second kappa shape index (κ2) is 8.97. The molecule has 0 saturated carbocycles. The van der Waals surface area contributed by atoms with Gasteiger partial charge in [0.2, 0.25) is 17.6 Å². The topological polar surface area (TPSA) is 83.3 Å². The molecule has 2 aliphatic heterocycles. The Morgan fingerprint density at radius 2 is 2.06 bits per heavy atom. The van der Waals surface area contributed by atoms with Crippen LogP contribution in [0, 0.1) is 11.7 Å². The van der Waals surface area contributed by atoms with E-state index in [4.69, 9.17) is 16.1 Å². The number of carbonyl (C=O) groups excluding carboxylic acids is 1. The molecule has 2 fully saturated rings. The van der Waals surface area contributed by atoms with Gasteiger partial charge in [-0.05, 0) is 42.7 Å². The van der Waals surface area contributed by atoms with Gasteiger partial charge in [0.1, 0.15) is 5.82 Å². The predicted octanol–water partition coefficient (Wildman–Crippen LogP) is 3.70. The number of hydrazine groups is 1. The van der Waals surface area contributed by atoms with Crippen LogP contribution in [0.25, 0.3) is 11.4 Å². The van der Waals surface area contributed by atoms with E-state index in [1.165, 1.54) is 12.1 Å². The van der Waals surface area contributed by atoms with Crippen molar-refractivity contribution in [3.8, 4) is 11.4 Å². The number of hydrogen-bond donors (Lipinski definition) is 2. The molecule has 2 N–H and O–H groups in total. The SMILES string of the molecule is O=C(C1CNNC1c1ccc(Cl)cc1)N1CCCC(c2nc(-c3cccc(F)c3)no2)C1. The summed E-state index contributed by atoms with van der Waals surface area (Å²) in [6.45, 7) is 1.77. The van der Waals surface area contributed by atoms with E-state index in [2.05, 4.69) is 21.0 Å². The standard InChI is InChI=1S/C23H23ClFN5O2/c24-17-8-6-14(7-9-17)20-19(12-26-28-20)23(31)30-10-2-4-16(13-30)22-27-21(29-32-22)15-3-1-5-18(25)11-15/h1,3,5-9,11,16,19-20,26,28H,2,4,10,12-13H2. The van der Waals surface area contributed by atoms with Crippen LogP contribution in [-0.2, 0) is 4.79 Å². The minimum Gasteiger partial charge on any atom is -0.342 e. The summed E-state index contributed by atoms with van der Waals surface area (Å²) in [6.07, 6.45) is 1.71. The molecule has 0 radical (unpaired) electrons. The van der Waals surface area contributed by atoms with Crippen molar-refractivity contribution < 1.29 is 13.7 Å². The molecule has 3 aromatic rings. The van der Waals surface area contributed by atoms with Gasteiger partial charge in [-0.15, -0.1) is 0 Å². The van der Waals surface area contributed by atoms with Crippen LogP contribution < -0.4 is 10.9 Å². The molecule has 3 unspecified atom stereocenters. The lowest BCUT2D eigenvalue weighted by Crippen LogP contribution is -2.44. The van der Waals surface area contributed by atoms with Crippen LogP contribution in [0.3, 0.4) is 0 Å². The van der Waals surface area contributed by atoms with Gasteiger partial charge < -0.3 is 9.42 Å². The molecular weight excluding hydrogens is 433 g/mol. The maximum absolute atomic E-state index is 13.5. The van der Waals surface area contributed by atoms with Crippen molar-refractivity contribution in [2.24, 2.45) is 5.92 Å². The van der Waals surface area contributed by atoms with Gasteiger partial charge in [0.15, 0.2) is 0 Å². The molecule has 0 aliphatic carbocycles. The minimum absolute atomic E-state index is 0.0428. The van der Waals surface area contributed by atoms with E-state index < -0.39 is 0 Å². The molecular formula is C23H23ClFN5O2. The Labute approximate surface area is 189 Å². The zero-order valence-electron chi connectivity index (χ0n) is 17.3. The Hall–Kier alpha value is -2.81. The number of hydrogen-bond acceptors (Lipinski definition) is 6.